The minimum Gasteiger partial charge on any atom is -0.495 e. The quantitative estimate of drug-likeness (QED) is 0.703. The van der Waals surface area contributed by atoms with Crippen LogP contribution in [0.15, 0.2) is 23.1 Å². The molecule has 2 unspecified atom stereocenters. The molecular weight excluding hydrogens is 354 g/mol. The molecule has 1 aromatic carbocycles. The van der Waals surface area contributed by atoms with Gasteiger partial charge in [-0.15, -0.1) is 12.4 Å². The zero-order valence-corrected chi connectivity index (χ0v) is 15.6. The number of carbonyl (C=O) groups excluding carboxylic acids is 1. The summed E-state index contributed by atoms with van der Waals surface area (Å²) >= 11 is 0. The first-order chi connectivity index (χ1) is 10.9. The van der Waals surface area contributed by atoms with Gasteiger partial charge >= 0.3 is 0 Å². The zero-order chi connectivity index (χ0) is 17.0. The van der Waals surface area contributed by atoms with Gasteiger partial charge in [0.2, 0.25) is 10.0 Å². The molecule has 9 heteroatoms. The lowest BCUT2D eigenvalue weighted by Crippen LogP contribution is -2.50. The van der Waals surface area contributed by atoms with Crippen molar-refractivity contribution in [2.45, 2.75) is 24.3 Å². The molecule has 136 valence electrons. The Balaban J connectivity index is 0.00000288. The Hall–Kier alpha value is -1.35. The Bertz CT molecular complexity index is 681. The predicted molar refractivity (Wildman–Crippen MR) is 94.4 cm³/mol. The summed E-state index contributed by atoms with van der Waals surface area (Å²) in [6, 6.07) is 4.41. The van der Waals surface area contributed by atoms with Crippen molar-refractivity contribution in [2.75, 3.05) is 27.2 Å². The number of nitrogens with one attached hydrogen (secondary N) is 3. The van der Waals surface area contributed by atoms with Crippen molar-refractivity contribution in [2.24, 2.45) is 5.92 Å². The van der Waals surface area contributed by atoms with E-state index in [1.807, 2.05) is 0 Å². The number of rotatable bonds is 5. The molecule has 1 heterocycles. The average Bonchev–Trinajstić information content (AvgIpc) is 2.56. The predicted octanol–water partition coefficient (Wildman–Crippen LogP) is 0.753. The van der Waals surface area contributed by atoms with Gasteiger partial charge in [-0.05, 0) is 44.1 Å². The van der Waals surface area contributed by atoms with Crippen LogP contribution in [0.3, 0.4) is 0 Å². The minimum atomic E-state index is -3.71. The Kier molecular flexibility index (Phi) is 7.47. The van der Waals surface area contributed by atoms with Gasteiger partial charge in [0.25, 0.3) is 5.91 Å². The molecule has 0 bridgehead atoms. The summed E-state index contributed by atoms with van der Waals surface area (Å²) in [4.78, 5) is 12.4. The molecule has 0 aromatic heterocycles. The second-order valence-corrected chi connectivity index (χ2v) is 7.48. The van der Waals surface area contributed by atoms with E-state index in [4.69, 9.17) is 4.74 Å². The first-order valence-corrected chi connectivity index (χ1v) is 9.00. The third kappa shape index (κ3) is 4.60. The van der Waals surface area contributed by atoms with Gasteiger partial charge in [-0.2, -0.15) is 0 Å². The van der Waals surface area contributed by atoms with Crippen LogP contribution in [0.4, 0.5) is 0 Å². The van der Waals surface area contributed by atoms with Crippen LogP contribution < -0.4 is 20.1 Å². The fraction of sp³-hybridized carbons (Fsp3) is 0.533. The highest BCUT2D eigenvalue weighted by atomic mass is 35.5. The monoisotopic (exact) mass is 377 g/mol. The summed E-state index contributed by atoms with van der Waals surface area (Å²) in [6.07, 6.45) is 0.993. The molecular formula is C15H24ClN3O4S. The summed E-state index contributed by atoms with van der Waals surface area (Å²) in [5, 5.41) is 6.21. The van der Waals surface area contributed by atoms with Crippen molar-refractivity contribution in [1.82, 2.24) is 15.4 Å². The molecule has 1 amide bonds. The third-order valence-electron chi connectivity index (χ3n) is 4.13. The van der Waals surface area contributed by atoms with Gasteiger partial charge in [-0.3, -0.25) is 4.79 Å². The van der Waals surface area contributed by atoms with Crippen molar-refractivity contribution in [3.8, 4) is 5.75 Å². The number of sulfonamides is 1. The van der Waals surface area contributed by atoms with Crippen LogP contribution in [-0.2, 0) is 10.0 Å². The third-order valence-corrected chi connectivity index (χ3v) is 5.56. The van der Waals surface area contributed by atoms with Crippen LogP contribution in [-0.4, -0.2) is 47.6 Å². The fourth-order valence-corrected chi connectivity index (χ4v) is 3.49. The molecule has 1 aromatic rings. The number of amides is 1. The molecule has 0 saturated carbocycles. The maximum atomic E-state index is 12.4. The lowest BCUT2D eigenvalue weighted by Gasteiger charge is -2.30. The summed E-state index contributed by atoms with van der Waals surface area (Å²) in [5.41, 5.74) is 0.289. The molecule has 1 aliphatic rings. The number of halogens is 1. The molecule has 1 fully saturated rings. The highest BCUT2D eigenvalue weighted by molar-refractivity contribution is 7.89. The number of methoxy groups -OCH3 is 1. The Morgan fingerprint density at radius 3 is 2.67 bits per heavy atom. The highest BCUT2D eigenvalue weighted by Crippen LogP contribution is 2.25. The molecule has 0 aliphatic carbocycles. The van der Waals surface area contributed by atoms with Crippen LogP contribution in [0.2, 0.25) is 0 Å². The molecule has 1 aliphatic heterocycles. The van der Waals surface area contributed by atoms with Gasteiger partial charge in [-0.1, -0.05) is 6.92 Å². The van der Waals surface area contributed by atoms with Crippen LogP contribution in [0.25, 0.3) is 0 Å². The largest absolute Gasteiger partial charge is 0.495 e. The summed E-state index contributed by atoms with van der Waals surface area (Å²) in [5.74, 6) is 0.281. The van der Waals surface area contributed by atoms with Gasteiger partial charge in [0.05, 0.1) is 7.11 Å². The van der Waals surface area contributed by atoms with Gasteiger partial charge in [-0.25, -0.2) is 13.1 Å². The van der Waals surface area contributed by atoms with Gasteiger partial charge in [0.1, 0.15) is 10.6 Å². The Morgan fingerprint density at radius 1 is 1.38 bits per heavy atom. The number of benzene rings is 1. The molecule has 1 saturated heterocycles. The van der Waals surface area contributed by atoms with E-state index in [1.165, 1.54) is 26.3 Å². The molecule has 2 rings (SSSR count). The molecule has 0 radical (unpaired) electrons. The maximum Gasteiger partial charge on any atom is 0.251 e. The number of ether oxygens (including phenoxy) is 1. The molecule has 3 N–H and O–H groups in total. The van der Waals surface area contributed by atoms with E-state index in [1.54, 1.807) is 6.07 Å². The maximum absolute atomic E-state index is 12.4. The number of carbonyl (C=O) groups is 1. The van der Waals surface area contributed by atoms with Crippen molar-refractivity contribution in [3.63, 3.8) is 0 Å². The first-order valence-electron chi connectivity index (χ1n) is 7.52. The molecule has 24 heavy (non-hydrogen) atoms. The smallest absolute Gasteiger partial charge is 0.251 e. The van der Waals surface area contributed by atoms with Crippen molar-refractivity contribution < 1.29 is 17.9 Å². The fourth-order valence-electron chi connectivity index (χ4n) is 2.57. The first kappa shape index (κ1) is 20.7. The number of hydrogen-bond acceptors (Lipinski definition) is 5. The number of piperidine rings is 1. The van der Waals surface area contributed by atoms with Crippen molar-refractivity contribution in [1.29, 1.82) is 0 Å². The van der Waals surface area contributed by atoms with Crippen LogP contribution >= 0.6 is 12.4 Å². The summed E-state index contributed by atoms with van der Waals surface area (Å²) in [6.45, 7) is 3.75. The Morgan fingerprint density at radius 2 is 2.08 bits per heavy atom. The van der Waals surface area contributed by atoms with Crippen LogP contribution in [0, 0.1) is 5.92 Å². The van der Waals surface area contributed by atoms with Gasteiger partial charge < -0.3 is 15.4 Å². The van der Waals surface area contributed by atoms with Gasteiger partial charge in [0.15, 0.2) is 0 Å². The summed E-state index contributed by atoms with van der Waals surface area (Å²) in [7, 11) is -1.00. The van der Waals surface area contributed by atoms with Crippen LogP contribution in [0.5, 0.6) is 5.75 Å². The molecule has 2 atom stereocenters. The average molecular weight is 378 g/mol. The van der Waals surface area contributed by atoms with E-state index in [-0.39, 0.29) is 40.6 Å². The molecule has 7 nitrogen and oxygen atoms in total. The van der Waals surface area contributed by atoms with Crippen molar-refractivity contribution >= 4 is 28.3 Å². The normalized spacial score (nSPS) is 20.8. The zero-order valence-electron chi connectivity index (χ0n) is 14.0. The van der Waals surface area contributed by atoms with E-state index in [0.717, 1.165) is 13.0 Å². The van der Waals surface area contributed by atoms with Crippen LogP contribution in [0.1, 0.15) is 23.7 Å². The Labute approximate surface area is 149 Å². The van der Waals surface area contributed by atoms with E-state index in [0.29, 0.717) is 12.5 Å². The van der Waals surface area contributed by atoms with Gasteiger partial charge in [0, 0.05) is 18.2 Å². The number of hydrogen-bond donors (Lipinski definition) is 3. The standard InChI is InChI=1S/C15H23N3O4S.ClH/c1-10-6-7-17-9-12(10)18-15(19)11-4-5-13(22-3)14(8-11)23(20,21)16-2;/h4-5,8,10,12,16-17H,6-7,9H2,1-3H3,(H,18,19);1H. The second-order valence-electron chi connectivity index (χ2n) is 5.62. The summed E-state index contributed by atoms with van der Waals surface area (Å²) < 4.78 is 31.4. The SMILES string of the molecule is CNS(=O)(=O)c1cc(C(=O)NC2CNCCC2C)ccc1OC.Cl. The molecule has 0 spiro atoms. The highest BCUT2D eigenvalue weighted by Gasteiger charge is 2.25. The minimum absolute atomic E-state index is 0. The van der Waals surface area contributed by atoms with E-state index in [2.05, 4.69) is 22.3 Å². The van der Waals surface area contributed by atoms with Crippen molar-refractivity contribution in [3.05, 3.63) is 23.8 Å². The lowest BCUT2D eigenvalue weighted by molar-refractivity contribution is 0.0915. The van der Waals surface area contributed by atoms with E-state index < -0.39 is 10.0 Å². The van der Waals surface area contributed by atoms with E-state index >= 15 is 0 Å². The lowest BCUT2D eigenvalue weighted by atomic mass is 9.94. The topological polar surface area (TPSA) is 96.5 Å². The van der Waals surface area contributed by atoms with E-state index in [9.17, 15) is 13.2 Å². The second kappa shape index (κ2) is 8.66.